The van der Waals surface area contributed by atoms with Gasteiger partial charge in [-0.2, -0.15) is 5.10 Å². The quantitative estimate of drug-likeness (QED) is 0.781. The fourth-order valence-electron chi connectivity index (χ4n) is 2.35. The monoisotopic (exact) mass is 264 g/mol. The van der Waals surface area contributed by atoms with Gasteiger partial charge in [0.15, 0.2) is 0 Å². The molecule has 3 rings (SSSR count). The lowest BCUT2D eigenvalue weighted by Gasteiger charge is -2.03. The van der Waals surface area contributed by atoms with Crippen molar-refractivity contribution in [2.24, 2.45) is 0 Å². The predicted molar refractivity (Wildman–Crippen MR) is 80.0 cm³/mol. The second-order valence-corrected chi connectivity index (χ2v) is 4.61. The molecular weight excluding hydrogens is 248 g/mol. The molecule has 3 heteroatoms. The number of aromatic nitrogens is 2. The molecule has 0 fully saturated rings. The summed E-state index contributed by atoms with van der Waals surface area (Å²) in [4.78, 5) is 0. The van der Waals surface area contributed by atoms with Gasteiger partial charge in [0.05, 0.1) is 16.9 Å². The van der Waals surface area contributed by atoms with Gasteiger partial charge in [-0.15, -0.1) is 0 Å². The van der Waals surface area contributed by atoms with Gasteiger partial charge in [-0.1, -0.05) is 55.5 Å². The van der Waals surface area contributed by atoms with Crippen molar-refractivity contribution in [2.45, 2.75) is 13.3 Å². The van der Waals surface area contributed by atoms with E-state index in [0.29, 0.717) is 0 Å². The van der Waals surface area contributed by atoms with Gasteiger partial charge < -0.3 is 5.11 Å². The van der Waals surface area contributed by atoms with Crippen LogP contribution in [0.4, 0.5) is 0 Å². The van der Waals surface area contributed by atoms with Crippen LogP contribution < -0.4 is 0 Å². The number of rotatable bonds is 3. The lowest BCUT2D eigenvalue weighted by atomic mass is 10.0. The van der Waals surface area contributed by atoms with E-state index in [0.717, 1.165) is 28.9 Å². The molecule has 20 heavy (non-hydrogen) atoms. The molecule has 0 atom stereocenters. The molecule has 0 saturated carbocycles. The fourth-order valence-corrected chi connectivity index (χ4v) is 2.35. The Labute approximate surface area is 118 Å². The van der Waals surface area contributed by atoms with Crippen LogP contribution in [-0.4, -0.2) is 14.9 Å². The van der Waals surface area contributed by atoms with E-state index in [2.05, 4.69) is 5.10 Å². The zero-order valence-corrected chi connectivity index (χ0v) is 11.3. The maximum Gasteiger partial charge on any atom is 0.222 e. The van der Waals surface area contributed by atoms with Crippen LogP contribution in [0, 0.1) is 0 Å². The van der Waals surface area contributed by atoms with Crippen molar-refractivity contribution in [3.8, 4) is 22.7 Å². The van der Waals surface area contributed by atoms with E-state index < -0.39 is 0 Å². The Bertz CT molecular complexity index is 703. The maximum atomic E-state index is 10.5. The number of nitrogens with zero attached hydrogens (tertiary/aromatic N) is 2. The highest BCUT2D eigenvalue weighted by Crippen LogP contribution is 2.34. The first-order valence-corrected chi connectivity index (χ1v) is 6.73. The molecule has 0 aliphatic heterocycles. The first-order valence-electron chi connectivity index (χ1n) is 6.73. The highest BCUT2D eigenvalue weighted by atomic mass is 16.3. The summed E-state index contributed by atoms with van der Waals surface area (Å²) in [6.45, 7) is 2.05. The highest BCUT2D eigenvalue weighted by molar-refractivity contribution is 5.72. The minimum atomic E-state index is 0.194. The zero-order valence-electron chi connectivity index (χ0n) is 11.3. The van der Waals surface area contributed by atoms with Crippen molar-refractivity contribution in [3.63, 3.8) is 0 Å². The molecule has 1 N–H and O–H groups in total. The molecule has 0 unspecified atom stereocenters. The lowest BCUT2D eigenvalue weighted by molar-refractivity contribution is 0.435. The summed E-state index contributed by atoms with van der Waals surface area (Å²) < 4.78 is 1.60. The van der Waals surface area contributed by atoms with E-state index in [-0.39, 0.29) is 5.88 Å². The lowest BCUT2D eigenvalue weighted by Crippen LogP contribution is -1.95. The molecule has 0 bridgehead atoms. The third-order valence-electron chi connectivity index (χ3n) is 3.33. The number of para-hydroxylation sites is 1. The standard InChI is InChI=1S/C17H16N2O/c1-2-15-16(13-9-5-3-6-10-13)17(20)19(18-15)14-11-7-4-8-12-14/h3-12,20H,2H2,1H3. The van der Waals surface area contributed by atoms with Crippen molar-refractivity contribution in [1.29, 1.82) is 0 Å². The van der Waals surface area contributed by atoms with Gasteiger partial charge in [-0.25, -0.2) is 4.68 Å². The van der Waals surface area contributed by atoms with Gasteiger partial charge in [0, 0.05) is 0 Å². The first kappa shape index (κ1) is 12.5. The Kier molecular flexibility index (Phi) is 3.25. The van der Waals surface area contributed by atoms with Crippen LogP contribution in [0.25, 0.3) is 16.8 Å². The summed E-state index contributed by atoms with van der Waals surface area (Å²) in [6, 6.07) is 19.6. The number of benzene rings is 2. The average Bonchev–Trinajstić information content (AvgIpc) is 2.86. The third-order valence-corrected chi connectivity index (χ3v) is 3.33. The molecule has 0 radical (unpaired) electrons. The second kappa shape index (κ2) is 5.21. The van der Waals surface area contributed by atoms with Crippen molar-refractivity contribution in [3.05, 3.63) is 66.4 Å². The van der Waals surface area contributed by atoms with E-state index in [1.807, 2.05) is 67.6 Å². The minimum Gasteiger partial charge on any atom is -0.493 e. The summed E-state index contributed by atoms with van der Waals surface area (Å²) >= 11 is 0. The van der Waals surface area contributed by atoms with E-state index in [4.69, 9.17) is 0 Å². The third kappa shape index (κ3) is 2.07. The van der Waals surface area contributed by atoms with Crippen LogP contribution in [0.2, 0.25) is 0 Å². The van der Waals surface area contributed by atoms with E-state index in [9.17, 15) is 5.11 Å². The molecule has 0 spiro atoms. The Morgan fingerprint density at radius 2 is 1.55 bits per heavy atom. The molecule has 100 valence electrons. The van der Waals surface area contributed by atoms with Crippen LogP contribution >= 0.6 is 0 Å². The van der Waals surface area contributed by atoms with Gasteiger partial charge in [0.25, 0.3) is 0 Å². The molecule has 1 heterocycles. The Balaban J connectivity index is 2.19. The summed E-state index contributed by atoms with van der Waals surface area (Å²) in [6.07, 6.45) is 0.775. The number of hydrogen-bond acceptors (Lipinski definition) is 2. The van der Waals surface area contributed by atoms with Gasteiger partial charge in [-0.3, -0.25) is 0 Å². The molecule has 0 amide bonds. The normalized spacial score (nSPS) is 10.7. The van der Waals surface area contributed by atoms with Gasteiger partial charge >= 0.3 is 0 Å². The smallest absolute Gasteiger partial charge is 0.222 e. The van der Waals surface area contributed by atoms with Gasteiger partial charge in [0.1, 0.15) is 0 Å². The number of aryl methyl sites for hydroxylation is 1. The molecule has 0 saturated heterocycles. The van der Waals surface area contributed by atoms with Crippen LogP contribution in [0.5, 0.6) is 5.88 Å². The summed E-state index contributed by atoms with van der Waals surface area (Å²) in [7, 11) is 0. The Hall–Kier alpha value is -2.55. The van der Waals surface area contributed by atoms with Crippen molar-refractivity contribution < 1.29 is 5.11 Å². The molecule has 0 aliphatic rings. The van der Waals surface area contributed by atoms with E-state index in [1.54, 1.807) is 4.68 Å². The predicted octanol–water partition coefficient (Wildman–Crippen LogP) is 3.81. The average molecular weight is 264 g/mol. The van der Waals surface area contributed by atoms with Crippen molar-refractivity contribution >= 4 is 0 Å². The Morgan fingerprint density at radius 1 is 0.950 bits per heavy atom. The fraction of sp³-hybridized carbons (Fsp3) is 0.118. The van der Waals surface area contributed by atoms with Crippen LogP contribution in [0.1, 0.15) is 12.6 Å². The van der Waals surface area contributed by atoms with Crippen LogP contribution in [0.3, 0.4) is 0 Å². The molecule has 3 aromatic rings. The van der Waals surface area contributed by atoms with Gasteiger partial charge in [-0.05, 0) is 24.1 Å². The van der Waals surface area contributed by atoms with E-state index >= 15 is 0 Å². The molecular formula is C17H16N2O. The molecule has 0 aliphatic carbocycles. The first-order chi connectivity index (χ1) is 9.81. The summed E-state index contributed by atoms with van der Waals surface area (Å²) in [5, 5.41) is 15.1. The topological polar surface area (TPSA) is 38.0 Å². The molecule has 2 aromatic carbocycles. The largest absolute Gasteiger partial charge is 0.493 e. The zero-order chi connectivity index (χ0) is 13.9. The van der Waals surface area contributed by atoms with Gasteiger partial charge in [0.2, 0.25) is 5.88 Å². The highest BCUT2D eigenvalue weighted by Gasteiger charge is 2.18. The molecule has 1 aromatic heterocycles. The molecule has 3 nitrogen and oxygen atoms in total. The summed E-state index contributed by atoms with van der Waals surface area (Å²) in [5.74, 6) is 0.194. The van der Waals surface area contributed by atoms with E-state index in [1.165, 1.54) is 0 Å². The summed E-state index contributed by atoms with van der Waals surface area (Å²) in [5.41, 5.74) is 3.57. The second-order valence-electron chi connectivity index (χ2n) is 4.61. The number of aromatic hydroxyl groups is 1. The maximum absolute atomic E-state index is 10.5. The SMILES string of the molecule is CCc1nn(-c2ccccc2)c(O)c1-c1ccccc1. The Morgan fingerprint density at radius 3 is 2.15 bits per heavy atom. The van der Waals surface area contributed by atoms with Crippen LogP contribution in [-0.2, 0) is 6.42 Å². The van der Waals surface area contributed by atoms with Crippen molar-refractivity contribution in [1.82, 2.24) is 9.78 Å². The van der Waals surface area contributed by atoms with Crippen molar-refractivity contribution in [2.75, 3.05) is 0 Å². The minimum absolute atomic E-state index is 0.194. The van der Waals surface area contributed by atoms with Crippen LogP contribution in [0.15, 0.2) is 60.7 Å². The number of hydrogen-bond donors (Lipinski definition) is 1.